The number of ketones is 1. The summed E-state index contributed by atoms with van der Waals surface area (Å²) < 4.78 is 10.5. The van der Waals surface area contributed by atoms with Crippen LogP contribution in [0.3, 0.4) is 0 Å². The van der Waals surface area contributed by atoms with Crippen molar-refractivity contribution in [1.82, 2.24) is 0 Å². The maximum Gasteiger partial charge on any atom is 0.200 e. The molecule has 0 fully saturated rings. The van der Waals surface area contributed by atoms with Gasteiger partial charge in [-0.3, -0.25) is 4.79 Å². The molecular weight excluding hydrogens is 270 g/mol. The van der Waals surface area contributed by atoms with Gasteiger partial charge in [-0.25, -0.2) is 0 Å². The van der Waals surface area contributed by atoms with E-state index in [4.69, 9.17) is 14.0 Å². The molecule has 0 aliphatic carbocycles. The Bertz CT molecular complexity index is 658. The standard InChI is InChI=1S/C16H15NO4/c1-10(18)14-15(11-5-7-12(19-2)8-6-11)17-21-16(14)13-4-3-9-20-13/h3-9,14,16H,1-2H3. The average molecular weight is 285 g/mol. The Balaban J connectivity index is 1.92. The topological polar surface area (TPSA) is 61.0 Å². The van der Waals surface area contributed by atoms with Crippen molar-refractivity contribution < 1.29 is 18.8 Å². The van der Waals surface area contributed by atoms with Crippen LogP contribution in [0.1, 0.15) is 24.4 Å². The maximum atomic E-state index is 12.0. The minimum absolute atomic E-state index is 0.0107. The Morgan fingerprint density at radius 3 is 2.57 bits per heavy atom. The lowest BCUT2D eigenvalue weighted by atomic mass is 9.88. The average Bonchev–Trinajstić information content (AvgIpc) is 3.16. The number of hydrogen-bond acceptors (Lipinski definition) is 5. The molecule has 5 nitrogen and oxygen atoms in total. The van der Waals surface area contributed by atoms with Gasteiger partial charge in [0.2, 0.25) is 0 Å². The van der Waals surface area contributed by atoms with Gasteiger partial charge >= 0.3 is 0 Å². The molecule has 108 valence electrons. The van der Waals surface area contributed by atoms with Gasteiger partial charge in [-0.1, -0.05) is 5.16 Å². The van der Waals surface area contributed by atoms with Crippen molar-refractivity contribution in [3.63, 3.8) is 0 Å². The molecule has 0 amide bonds. The second-order valence-electron chi connectivity index (χ2n) is 4.83. The lowest BCUT2D eigenvalue weighted by Gasteiger charge is -2.14. The number of carbonyl (C=O) groups is 1. The molecule has 2 unspecified atom stereocenters. The number of methoxy groups -OCH3 is 1. The highest BCUT2D eigenvalue weighted by Crippen LogP contribution is 2.36. The van der Waals surface area contributed by atoms with E-state index in [0.29, 0.717) is 11.5 Å². The van der Waals surface area contributed by atoms with Crippen molar-refractivity contribution >= 4 is 11.5 Å². The number of ether oxygens (including phenoxy) is 1. The summed E-state index contributed by atoms with van der Waals surface area (Å²) >= 11 is 0. The predicted molar refractivity (Wildman–Crippen MR) is 76.2 cm³/mol. The van der Waals surface area contributed by atoms with Gasteiger partial charge in [0.05, 0.1) is 13.4 Å². The van der Waals surface area contributed by atoms with Crippen molar-refractivity contribution in [3.8, 4) is 5.75 Å². The van der Waals surface area contributed by atoms with Crippen LogP contribution in [-0.2, 0) is 9.63 Å². The lowest BCUT2D eigenvalue weighted by Crippen LogP contribution is -2.25. The van der Waals surface area contributed by atoms with E-state index >= 15 is 0 Å². The molecule has 5 heteroatoms. The Kier molecular flexibility index (Phi) is 3.48. The molecule has 0 saturated carbocycles. The van der Waals surface area contributed by atoms with Gasteiger partial charge in [0.15, 0.2) is 6.10 Å². The number of carbonyl (C=O) groups excluding carboxylic acids is 1. The lowest BCUT2D eigenvalue weighted by molar-refractivity contribution is -0.122. The van der Waals surface area contributed by atoms with Crippen molar-refractivity contribution in [2.45, 2.75) is 13.0 Å². The van der Waals surface area contributed by atoms with Crippen LogP contribution in [-0.4, -0.2) is 18.6 Å². The fourth-order valence-electron chi connectivity index (χ4n) is 2.44. The van der Waals surface area contributed by atoms with Crippen LogP contribution in [0.4, 0.5) is 0 Å². The normalized spacial score (nSPS) is 20.8. The van der Waals surface area contributed by atoms with Crippen LogP contribution in [0.5, 0.6) is 5.75 Å². The third-order valence-corrected chi connectivity index (χ3v) is 3.51. The molecule has 0 saturated heterocycles. The Morgan fingerprint density at radius 1 is 1.24 bits per heavy atom. The molecule has 3 rings (SSSR count). The fraction of sp³-hybridized carbons (Fsp3) is 0.250. The first-order chi connectivity index (χ1) is 10.2. The molecule has 0 radical (unpaired) electrons. The quantitative estimate of drug-likeness (QED) is 0.866. The molecule has 21 heavy (non-hydrogen) atoms. The highest BCUT2D eigenvalue weighted by molar-refractivity contribution is 6.14. The van der Waals surface area contributed by atoms with E-state index in [2.05, 4.69) is 5.16 Å². The van der Waals surface area contributed by atoms with Gasteiger partial charge in [0, 0.05) is 5.56 Å². The van der Waals surface area contributed by atoms with E-state index in [9.17, 15) is 4.79 Å². The molecular formula is C16H15NO4. The van der Waals surface area contributed by atoms with E-state index in [1.54, 1.807) is 25.5 Å². The summed E-state index contributed by atoms with van der Waals surface area (Å²) in [5, 5.41) is 4.10. The third-order valence-electron chi connectivity index (χ3n) is 3.51. The number of Topliss-reactive ketones (excluding diaryl/α,β-unsaturated/α-hetero) is 1. The zero-order chi connectivity index (χ0) is 14.8. The van der Waals surface area contributed by atoms with Crippen LogP contribution in [0, 0.1) is 5.92 Å². The zero-order valence-corrected chi connectivity index (χ0v) is 11.8. The molecule has 1 aromatic heterocycles. The van der Waals surface area contributed by atoms with Gasteiger partial charge in [-0.15, -0.1) is 0 Å². The van der Waals surface area contributed by atoms with Crippen molar-refractivity contribution in [3.05, 3.63) is 54.0 Å². The van der Waals surface area contributed by atoms with Gasteiger partial charge in [0.1, 0.15) is 28.9 Å². The molecule has 2 heterocycles. The largest absolute Gasteiger partial charge is 0.497 e. The molecule has 1 aliphatic heterocycles. The second-order valence-corrected chi connectivity index (χ2v) is 4.83. The minimum Gasteiger partial charge on any atom is -0.497 e. The summed E-state index contributed by atoms with van der Waals surface area (Å²) in [5.74, 6) is 0.871. The van der Waals surface area contributed by atoms with Crippen LogP contribution in [0.15, 0.2) is 52.2 Å². The number of nitrogens with zero attached hydrogens (tertiary/aromatic N) is 1. The Hall–Kier alpha value is -2.56. The molecule has 0 N–H and O–H groups in total. The molecule has 1 aliphatic rings. The molecule has 0 bridgehead atoms. The summed E-state index contributed by atoms with van der Waals surface area (Å²) in [4.78, 5) is 17.5. The third kappa shape index (κ3) is 2.42. The second kappa shape index (κ2) is 5.44. The fourth-order valence-corrected chi connectivity index (χ4v) is 2.44. The highest BCUT2D eigenvalue weighted by Gasteiger charge is 2.41. The predicted octanol–water partition coefficient (Wildman–Crippen LogP) is 2.97. The van der Waals surface area contributed by atoms with Crippen LogP contribution < -0.4 is 4.74 Å². The molecule has 2 aromatic rings. The summed E-state index contributed by atoms with van der Waals surface area (Å²) in [7, 11) is 1.61. The Labute approximate surface area is 122 Å². The van der Waals surface area contributed by atoms with Crippen LogP contribution in [0.25, 0.3) is 0 Å². The first-order valence-electron chi connectivity index (χ1n) is 6.62. The number of rotatable bonds is 4. The first-order valence-corrected chi connectivity index (χ1v) is 6.62. The Morgan fingerprint density at radius 2 is 2.00 bits per heavy atom. The highest BCUT2D eigenvalue weighted by atomic mass is 16.6. The molecule has 0 spiro atoms. The van der Waals surface area contributed by atoms with E-state index < -0.39 is 12.0 Å². The van der Waals surface area contributed by atoms with Gasteiger partial charge in [0.25, 0.3) is 0 Å². The smallest absolute Gasteiger partial charge is 0.200 e. The minimum atomic E-state index is -0.505. The van der Waals surface area contributed by atoms with Crippen LogP contribution >= 0.6 is 0 Å². The number of oxime groups is 1. The first kappa shape index (κ1) is 13.4. The maximum absolute atomic E-state index is 12.0. The monoisotopic (exact) mass is 285 g/mol. The van der Waals surface area contributed by atoms with Gasteiger partial charge in [-0.05, 0) is 43.3 Å². The summed E-state index contributed by atoms with van der Waals surface area (Å²) in [6.45, 7) is 1.54. The summed E-state index contributed by atoms with van der Waals surface area (Å²) in [5.41, 5.74) is 1.46. The molecule has 2 atom stereocenters. The zero-order valence-electron chi connectivity index (χ0n) is 11.8. The summed E-state index contributed by atoms with van der Waals surface area (Å²) in [6, 6.07) is 10.9. The van der Waals surface area contributed by atoms with Crippen molar-refractivity contribution in [2.75, 3.05) is 7.11 Å². The van der Waals surface area contributed by atoms with Crippen molar-refractivity contribution in [1.29, 1.82) is 0 Å². The van der Waals surface area contributed by atoms with E-state index in [-0.39, 0.29) is 5.78 Å². The van der Waals surface area contributed by atoms with E-state index in [1.807, 2.05) is 24.3 Å². The number of furan rings is 1. The number of hydrogen-bond donors (Lipinski definition) is 0. The number of benzene rings is 1. The van der Waals surface area contributed by atoms with Crippen molar-refractivity contribution in [2.24, 2.45) is 11.1 Å². The van der Waals surface area contributed by atoms with Crippen LogP contribution in [0.2, 0.25) is 0 Å². The molecule has 1 aromatic carbocycles. The van der Waals surface area contributed by atoms with Gasteiger partial charge < -0.3 is 14.0 Å². The van der Waals surface area contributed by atoms with E-state index in [1.165, 1.54) is 6.92 Å². The summed E-state index contributed by atoms with van der Waals surface area (Å²) in [6.07, 6.45) is 1.05. The van der Waals surface area contributed by atoms with Gasteiger partial charge in [-0.2, -0.15) is 0 Å². The van der Waals surface area contributed by atoms with E-state index in [0.717, 1.165) is 11.3 Å². The SMILES string of the molecule is COc1ccc(C2=NOC(c3ccco3)C2C(C)=O)cc1.